The van der Waals surface area contributed by atoms with E-state index in [1.807, 2.05) is 54.6 Å². The van der Waals surface area contributed by atoms with E-state index >= 15 is 0 Å². The van der Waals surface area contributed by atoms with Gasteiger partial charge in [-0.3, -0.25) is 4.79 Å². The van der Waals surface area contributed by atoms with Crippen molar-refractivity contribution in [3.05, 3.63) is 65.7 Å². The van der Waals surface area contributed by atoms with Crippen LogP contribution in [0, 0.1) is 0 Å². The summed E-state index contributed by atoms with van der Waals surface area (Å²) in [5.74, 6) is 0.769. The molecule has 32 heavy (non-hydrogen) atoms. The lowest BCUT2D eigenvalue weighted by Gasteiger charge is -2.47. The summed E-state index contributed by atoms with van der Waals surface area (Å²) in [5.41, 5.74) is 2.08. The van der Waals surface area contributed by atoms with Crippen LogP contribution in [-0.4, -0.2) is 48.3 Å². The molecule has 0 aliphatic carbocycles. The number of aliphatic hydroxyl groups is 1. The Morgan fingerprint density at radius 1 is 1.16 bits per heavy atom. The standard InChI is InChI=1S/C25H31NO6/c1-4-15(2)17-10-12-19(13-11-17)30-25-21(26-16(3)27)22(28)23-20(31-25)14-29-24(32-23)18-8-6-5-7-9-18/h5-13,15,20-25,28H,4,14H2,1-3H3,(H,26,27)/t15-,20+,21-,22+,23+,24+,25+/m1/s1. The quantitative estimate of drug-likeness (QED) is 0.716. The molecule has 0 radical (unpaired) electrons. The number of fused-ring (bicyclic) bond motifs is 1. The van der Waals surface area contributed by atoms with Gasteiger partial charge in [-0.25, -0.2) is 0 Å². The van der Waals surface area contributed by atoms with E-state index in [9.17, 15) is 9.90 Å². The van der Waals surface area contributed by atoms with Gasteiger partial charge in [0.25, 0.3) is 0 Å². The minimum Gasteiger partial charge on any atom is -0.463 e. The Morgan fingerprint density at radius 2 is 1.88 bits per heavy atom. The van der Waals surface area contributed by atoms with E-state index in [-0.39, 0.29) is 12.5 Å². The average Bonchev–Trinajstić information content (AvgIpc) is 2.82. The lowest BCUT2D eigenvalue weighted by molar-refractivity contribution is -0.333. The normalized spacial score (nSPS) is 30.8. The largest absolute Gasteiger partial charge is 0.463 e. The maximum absolute atomic E-state index is 11.9. The summed E-state index contributed by atoms with van der Waals surface area (Å²) in [6.07, 6.45) is -2.67. The molecule has 2 fully saturated rings. The third-order valence-electron chi connectivity index (χ3n) is 6.12. The molecule has 0 aromatic heterocycles. The van der Waals surface area contributed by atoms with Crippen molar-refractivity contribution in [2.24, 2.45) is 0 Å². The molecule has 7 heteroatoms. The van der Waals surface area contributed by atoms with Crippen molar-refractivity contribution in [1.29, 1.82) is 0 Å². The van der Waals surface area contributed by atoms with E-state index in [1.54, 1.807) is 0 Å². The molecule has 2 aliphatic heterocycles. The first-order valence-corrected chi connectivity index (χ1v) is 11.2. The van der Waals surface area contributed by atoms with Crippen LogP contribution in [0.3, 0.4) is 0 Å². The Kier molecular flexibility index (Phi) is 7.10. The van der Waals surface area contributed by atoms with E-state index in [2.05, 4.69) is 19.2 Å². The molecule has 2 aromatic rings. The summed E-state index contributed by atoms with van der Waals surface area (Å²) in [4.78, 5) is 11.9. The second kappa shape index (κ2) is 10.0. The minimum absolute atomic E-state index is 0.237. The van der Waals surface area contributed by atoms with Gasteiger partial charge >= 0.3 is 0 Å². The zero-order valence-electron chi connectivity index (χ0n) is 18.6. The van der Waals surface area contributed by atoms with Crippen molar-refractivity contribution >= 4 is 5.91 Å². The number of amides is 1. The summed E-state index contributed by atoms with van der Waals surface area (Å²) in [6.45, 7) is 5.96. The van der Waals surface area contributed by atoms with Gasteiger partial charge in [0.05, 0.1) is 6.61 Å². The number of carbonyl (C=O) groups is 1. The summed E-state index contributed by atoms with van der Waals surface area (Å²) in [5, 5.41) is 13.9. The predicted molar refractivity (Wildman–Crippen MR) is 118 cm³/mol. The summed E-state index contributed by atoms with van der Waals surface area (Å²) in [7, 11) is 0. The number of aliphatic hydroxyl groups excluding tert-OH is 1. The first kappa shape index (κ1) is 22.7. The zero-order valence-corrected chi connectivity index (χ0v) is 18.6. The molecule has 0 spiro atoms. The predicted octanol–water partition coefficient (Wildman–Crippen LogP) is 3.28. The molecule has 2 heterocycles. The Labute approximate surface area is 188 Å². The molecule has 7 atom stereocenters. The molecule has 0 bridgehead atoms. The monoisotopic (exact) mass is 441 g/mol. The van der Waals surface area contributed by atoms with Crippen molar-refractivity contribution in [2.75, 3.05) is 6.61 Å². The maximum atomic E-state index is 11.9. The molecule has 4 rings (SSSR count). The minimum atomic E-state index is -1.03. The van der Waals surface area contributed by atoms with Gasteiger partial charge < -0.3 is 29.4 Å². The fraction of sp³-hybridized carbons (Fsp3) is 0.480. The highest BCUT2D eigenvalue weighted by molar-refractivity contribution is 5.73. The fourth-order valence-electron chi connectivity index (χ4n) is 4.11. The number of hydrogen-bond acceptors (Lipinski definition) is 6. The van der Waals surface area contributed by atoms with Gasteiger partial charge in [-0.2, -0.15) is 0 Å². The highest BCUT2D eigenvalue weighted by Gasteiger charge is 2.50. The van der Waals surface area contributed by atoms with Crippen molar-refractivity contribution < 1.29 is 28.8 Å². The molecule has 0 saturated carbocycles. The van der Waals surface area contributed by atoms with Crippen LogP contribution in [-0.2, 0) is 19.0 Å². The number of nitrogens with one attached hydrogen (secondary N) is 1. The van der Waals surface area contributed by atoms with Crippen molar-refractivity contribution in [3.8, 4) is 5.75 Å². The van der Waals surface area contributed by atoms with Crippen LogP contribution in [0.1, 0.15) is 50.5 Å². The van der Waals surface area contributed by atoms with Gasteiger partial charge in [0.2, 0.25) is 12.2 Å². The third kappa shape index (κ3) is 4.96. The molecule has 2 aliphatic rings. The number of ether oxygens (including phenoxy) is 4. The summed E-state index contributed by atoms with van der Waals surface area (Å²) >= 11 is 0. The SMILES string of the molecule is CC[C@@H](C)c1ccc(O[C@H]2O[C@H]3CO[C@H](c4ccccc4)O[C@@H]3[C@@H](O)[C@H]2NC(C)=O)cc1. The summed E-state index contributed by atoms with van der Waals surface area (Å²) in [6, 6.07) is 16.5. The van der Waals surface area contributed by atoms with Gasteiger partial charge in [0.1, 0.15) is 30.1 Å². The van der Waals surface area contributed by atoms with Gasteiger partial charge in [-0.15, -0.1) is 0 Å². The Morgan fingerprint density at radius 3 is 2.53 bits per heavy atom. The first-order chi connectivity index (χ1) is 15.5. The molecule has 2 saturated heterocycles. The number of rotatable bonds is 6. The van der Waals surface area contributed by atoms with Crippen LogP contribution in [0.15, 0.2) is 54.6 Å². The Balaban J connectivity index is 1.50. The number of carbonyl (C=O) groups excluding carboxylic acids is 1. The molecule has 0 unspecified atom stereocenters. The van der Waals surface area contributed by atoms with Crippen molar-refractivity contribution in [1.82, 2.24) is 5.32 Å². The molecule has 2 N–H and O–H groups in total. The van der Waals surface area contributed by atoms with Gasteiger partial charge in [0.15, 0.2) is 6.29 Å². The van der Waals surface area contributed by atoms with Crippen LogP contribution in [0.2, 0.25) is 0 Å². The van der Waals surface area contributed by atoms with Crippen LogP contribution >= 0.6 is 0 Å². The summed E-state index contributed by atoms with van der Waals surface area (Å²) < 4.78 is 24.1. The highest BCUT2D eigenvalue weighted by atomic mass is 16.7. The number of benzene rings is 2. The topological polar surface area (TPSA) is 86.2 Å². The average molecular weight is 442 g/mol. The number of hydrogen-bond donors (Lipinski definition) is 2. The molecule has 7 nitrogen and oxygen atoms in total. The zero-order chi connectivity index (χ0) is 22.7. The molecule has 172 valence electrons. The highest BCUT2D eigenvalue weighted by Crippen LogP contribution is 2.35. The van der Waals surface area contributed by atoms with E-state index in [0.29, 0.717) is 11.7 Å². The van der Waals surface area contributed by atoms with Gasteiger partial charge in [-0.05, 0) is 30.0 Å². The lowest BCUT2D eigenvalue weighted by Crippen LogP contribution is -2.67. The second-order valence-corrected chi connectivity index (χ2v) is 8.43. The smallest absolute Gasteiger partial charge is 0.223 e. The molecular weight excluding hydrogens is 410 g/mol. The van der Waals surface area contributed by atoms with Crippen LogP contribution < -0.4 is 10.1 Å². The lowest BCUT2D eigenvalue weighted by atomic mass is 9.95. The second-order valence-electron chi connectivity index (χ2n) is 8.43. The van der Waals surface area contributed by atoms with Crippen LogP contribution in [0.5, 0.6) is 5.75 Å². The van der Waals surface area contributed by atoms with E-state index in [4.69, 9.17) is 18.9 Å². The van der Waals surface area contributed by atoms with E-state index < -0.39 is 36.9 Å². The molecular formula is C25H31NO6. The first-order valence-electron chi connectivity index (χ1n) is 11.2. The molecule has 1 amide bonds. The van der Waals surface area contributed by atoms with Crippen LogP contribution in [0.25, 0.3) is 0 Å². The van der Waals surface area contributed by atoms with E-state index in [0.717, 1.165) is 12.0 Å². The Bertz CT molecular complexity index is 889. The maximum Gasteiger partial charge on any atom is 0.223 e. The van der Waals surface area contributed by atoms with Gasteiger partial charge in [0, 0.05) is 12.5 Å². The Hall–Kier alpha value is -2.45. The van der Waals surface area contributed by atoms with Crippen LogP contribution in [0.4, 0.5) is 0 Å². The third-order valence-corrected chi connectivity index (χ3v) is 6.12. The van der Waals surface area contributed by atoms with Crippen molar-refractivity contribution in [3.63, 3.8) is 0 Å². The van der Waals surface area contributed by atoms with E-state index in [1.165, 1.54) is 12.5 Å². The van der Waals surface area contributed by atoms with Gasteiger partial charge in [-0.1, -0.05) is 56.3 Å². The molecule has 2 aromatic carbocycles. The van der Waals surface area contributed by atoms with Crippen molar-refractivity contribution in [2.45, 2.75) is 70.0 Å². The fourth-order valence-corrected chi connectivity index (χ4v) is 4.11.